The Kier molecular flexibility index (Phi) is 5.71. The maximum Gasteiger partial charge on any atom is 0.180 e. The Bertz CT molecular complexity index is 2490. The summed E-state index contributed by atoms with van der Waals surface area (Å²) in [5.41, 5.74) is 8.21. The molecule has 4 aromatic carbocycles. The zero-order valence-corrected chi connectivity index (χ0v) is 24.0. The van der Waals surface area contributed by atoms with Gasteiger partial charge in [0, 0.05) is 39.5 Å². The van der Waals surface area contributed by atoms with Crippen molar-refractivity contribution in [1.29, 1.82) is 0 Å². The summed E-state index contributed by atoms with van der Waals surface area (Å²) in [5, 5.41) is 4.07. The molecule has 6 nitrogen and oxygen atoms in total. The van der Waals surface area contributed by atoms with Gasteiger partial charge in [-0.15, -0.1) is 0 Å². The van der Waals surface area contributed by atoms with E-state index in [-0.39, 0.29) is 0 Å². The van der Waals surface area contributed by atoms with E-state index in [2.05, 4.69) is 89.5 Å². The van der Waals surface area contributed by atoms with Gasteiger partial charge in [-0.3, -0.25) is 9.55 Å². The van der Waals surface area contributed by atoms with E-state index in [1.54, 1.807) is 0 Å². The van der Waals surface area contributed by atoms with E-state index in [1.807, 2.05) is 60.9 Å². The molecule has 5 aromatic heterocycles. The van der Waals surface area contributed by atoms with Crippen LogP contribution in [0.5, 0.6) is 0 Å². The number of rotatable bonds is 4. The van der Waals surface area contributed by atoms with Crippen LogP contribution in [0.1, 0.15) is 0 Å². The van der Waals surface area contributed by atoms with Crippen molar-refractivity contribution in [3.63, 3.8) is 0 Å². The molecule has 0 aliphatic heterocycles. The molecular weight excluding hydrogens is 552 g/mol. The van der Waals surface area contributed by atoms with Crippen molar-refractivity contribution in [3.05, 3.63) is 146 Å². The minimum absolute atomic E-state index is 0.525. The Morgan fingerprint density at radius 2 is 1.20 bits per heavy atom. The van der Waals surface area contributed by atoms with Crippen LogP contribution < -0.4 is 0 Å². The molecule has 0 spiro atoms. The molecule has 0 bridgehead atoms. The van der Waals surface area contributed by atoms with E-state index >= 15 is 0 Å². The SMILES string of the molecule is c1ccc(-c2ccnc(-c3nc(-n4c5ccccc5c5cccnc54)c4ccc5ccc(-c6ccccc6)nc5c4n3)c2)cc1. The van der Waals surface area contributed by atoms with Gasteiger partial charge in [-0.05, 0) is 53.6 Å². The lowest BCUT2D eigenvalue weighted by molar-refractivity contribution is 1.05. The molecule has 9 rings (SSSR count). The lowest BCUT2D eigenvalue weighted by atomic mass is 10.1. The molecule has 0 amide bonds. The zero-order valence-electron chi connectivity index (χ0n) is 24.0. The molecule has 0 saturated carbocycles. The molecule has 0 fully saturated rings. The molecule has 0 radical (unpaired) electrons. The van der Waals surface area contributed by atoms with Crippen LogP contribution in [0.2, 0.25) is 0 Å². The third-order valence-electron chi connectivity index (χ3n) is 8.32. The Hall–Kier alpha value is -6.27. The summed E-state index contributed by atoms with van der Waals surface area (Å²) in [6.45, 7) is 0. The Morgan fingerprint density at radius 3 is 2.07 bits per heavy atom. The monoisotopic (exact) mass is 576 g/mol. The highest BCUT2D eigenvalue weighted by molar-refractivity contribution is 6.11. The van der Waals surface area contributed by atoms with Gasteiger partial charge in [0.15, 0.2) is 11.6 Å². The van der Waals surface area contributed by atoms with E-state index in [9.17, 15) is 0 Å². The number of aromatic nitrogens is 6. The molecule has 0 aliphatic rings. The van der Waals surface area contributed by atoms with Crippen LogP contribution in [0.25, 0.3) is 83.5 Å². The fourth-order valence-electron chi connectivity index (χ4n) is 6.19. The molecule has 0 N–H and O–H groups in total. The van der Waals surface area contributed by atoms with E-state index in [1.165, 1.54) is 0 Å². The fourth-order valence-corrected chi connectivity index (χ4v) is 6.19. The normalized spacial score (nSPS) is 11.6. The highest BCUT2D eigenvalue weighted by atomic mass is 15.1. The summed E-state index contributed by atoms with van der Waals surface area (Å²) in [7, 11) is 0. The molecule has 210 valence electrons. The van der Waals surface area contributed by atoms with Crippen LogP contribution >= 0.6 is 0 Å². The summed E-state index contributed by atoms with van der Waals surface area (Å²) in [6, 6.07) is 45.4. The molecule has 45 heavy (non-hydrogen) atoms. The summed E-state index contributed by atoms with van der Waals surface area (Å²) in [5.74, 6) is 1.26. The van der Waals surface area contributed by atoms with Crippen molar-refractivity contribution in [3.8, 4) is 39.7 Å². The van der Waals surface area contributed by atoms with Crippen molar-refractivity contribution in [1.82, 2.24) is 29.5 Å². The maximum absolute atomic E-state index is 5.26. The lowest BCUT2D eigenvalue weighted by Crippen LogP contribution is -2.04. The molecule has 0 saturated heterocycles. The topological polar surface area (TPSA) is 69.4 Å². The standard InChI is InChI=1S/C39H24N6/c1-3-10-25(11-4-1)28-21-23-40-33(24-28)37-43-36-31(19-17-27-18-20-32(42-35(27)36)26-12-5-2-6-13-26)39(44-37)45-34-16-8-7-14-29(34)30-15-9-22-41-38(30)45/h1-24H. The van der Waals surface area contributed by atoms with Crippen LogP contribution in [0.3, 0.4) is 0 Å². The number of nitrogens with zero attached hydrogens (tertiary/aromatic N) is 6. The number of para-hydroxylation sites is 1. The highest BCUT2D eigenvalue weighted by Gasteiger charge is 2.20. The largest absolute Gasteiger partial charge is 0.277 e. The number of fused-ring (bicyclic) bond motifs is 6. The summed E-state index contributed by atoms with van der Waals surface area (Å²) in [6.07, 6.45) is 3.65. The first-order chi connectivity index (χ1) is 22.3. The van der Waals surface area contributed by atoms with Crippen molar-refractivity contribution in [2.45, 2.75) is 0 Å². The van der Waals surface area contributed by atoms with Crippen LogP contribution in [-0.4, -0.2) is 29.5 Å². The van der Waals surface area contributed by atoms with Gasteiger partial charge >= 0.3 is 0 Å². The lowest BCUT2D eigenvalue weighted by Gasteiger charge is -2.14. The summed E-state index contributed by atoms with van der Waals surface area (Å²) in [4.78, 5) is 25.3. The first-order valence-electron chi connectivity index (χ1n) is 14.9. The third kappa shape index (κ3) is 4.15. The predicted octanol–water partition coefficient (Wildman–Crippen LogP) is 9.07. The molecule has 6 heteroatoms. The van der Waals surface area contributed by atoms with Crippen molar-refractivity contribution in [2.75, 3.05) is 0 Å². The van der Waals surface area contributed by atoms with Gasteiger partial charge in [0.2, 0.25) is 0 Å². The molecule has 0 aliphatic carbocycles. The molecular formula is C39H24N6. The van der Waals surface area contributed by atoms with Gasteiger partial charge in [0.1, 0.15) is 16.9 Å². The second kappa shape index (κ2) is 10.2. The number of pyridine rings is 3. The number of hydrogen-bond acceptors (Lipinski definition) is 5. The van der Waals surface area contributed by atoms with Crippen LogP contribution in [-0.2, 0) is 0 Å². The van der Waals surface area contributed by atoms with Crippen LogP contribution in [0, 0.1) is 0 Å². The van der Waals surface area contributed by atoms with Crippen molar-refractivity contribution >= 4 is 43.7 Å². The molecule has 9 aromatic rings. The summed E-state index contributed by atoms with van der Waals surface area (Å²) < 4.78 is 2.14. The quantitative estimate of drug-likeness (QED) is 0.196. The van der Waals surface area contributed by atoms with Crippen molar-refractivity contribution < 1.29 is 0 Å². The Balaban J connectivity index is 1.39. The first-order valence-corrected chi connectivity index (χ1v) is 14.9. The van der Waals surface area contributed by atoms with E-state index in [4.69, 9.17) is 24.9 Å². The van der Waals surface area contributed by atoms with Crippen LogP contribution in [0.15, 0.2) is 146 Å². The van der Waals surface area contributed by atoms with E-state index < -0.39 is 0 Å². The highest BCUT2D eigenvalue weighted by Crippen LogP contribution is 2.36. The van der Waals surface area contributed by atoms with Gasteiger partial charge in [-0.2, -0.15) is 0 Å². The zero-order chi connectivity index (χ0) is 29.7. The average Bonchev–Trinajstić information content (AvgIpc) is 3.46. The molecule has 0 unspecified atom stereocenters. The Morgan fingerprint density at radius 1 is 0.444 bits per heavy atom. The van der Waals surface area contributed by atoms with Crippen LogP contribution in [0.4, 0.5) is 0 Å². The number of benzene rings is 4. The maximum atomic E-state index is 5.26. The smallest absolute Gasteiger partial charge is 0.180 e. The number of hydrogen-bond donors (Lipinski definition) is 0. The summed E-state index contributed by atoms with van der Waals surface area (Å²) >= 11 is 0. The van der Waals surface area contributed by atoms with E-state index in [0.29, 0.717) is 11.5 Å². The Labute approximate surface area is 258 Å². The minimum Gasteiger partial charge on any atom is -0.277 e. The molecule has 0 atom stereocenters. The minimum atomic E-state index is 0.525. The third-order valence-corrected chi connectivity index (χ3v) is 8.32. The fraction of sp³-hybridized carbons (Fsp3) is 0. The average molecular weight is 577 g/mol. The second-order valence-corrected chi connectivity index (χ2v) is 11.0. The van der Waals surface area contributed by atoms with Gasteiger partial charge in [0.25, 0.3) is 0 Å². The second-order valence-electron chi connectivity index (χ2n) is 11.0. The van der Waals surface area contributed by atoms with Crippen molar-refractivity contribution in [2.24, 2.45) is 0 Å². The van der Waals surface area contributed by atoms with Gasteiger partial charge in [0.05, 0.1) is 16.7 Å². The van der Waals surface area contributed by atoms with Gasteiger partial charge in [-0.25, -0.2) is 19.9 Å². The van der Waals surface area contributed by atoms with Gasteiger partial charge in [-0.1, -0.05) is 91.0 Å². The van der Waals surface area contributed by atoms with E-state index in [0.717, 1.165) is 71.9 Å². The first kappa shape index (κ1) is 25.2. The molecule has 5 heterocycles. The predicted molar refractivity (Wildman–Crippen MR) is 181 cm³/mol. The van der Waals surface area contributed by atoms with Gasteiger partial charge < -0.3 is 0 Å².